The van der Waals surface area contributed by atoms with Gasteiger partial charge in [0.1, 0.15) is 6.04 Å². The molecule has 4 rings (SSSR count). The SMILES string of the molecule is NCCC(=O)Nc1cccc(C(=O)N[C@@H](Cc2ccccc2)C(=O)N2CC=CCC2c2cccnc2)c1. The van der Waals surface area contributed by atoms with Gasteiger partial charge in [0.25, 0.3) is 5.91 Å². The molecule has 0 fully saturated rings. The van der Waals surface area contributed by atoms with Crippen molar-refractivity contribution in [2.24, 2.45) is 5.73 Å². The van der Waals surface area contributed by atoms with E-state index in [1.54, 1.807) is 41.6 Å². The summed E-state index contributed by atoms with van der Waals surface area (Å²) < 4.78 is 0. The van der Waals surface area contributed by atoms with E-state index in [4.69, 9.17) is 5.73 Å². The van der Waals surface area contributed by atoms with Crippen molar-refractivity contribution in [2.75, 3.05) is 18.4 Å². The van der Waals surface area contributed by atoms with Gasteiger partial charge in [-0.1, -0.05) is 54.6 Å². The Morgan fingerprint density at radius 2 is 1.86 bits per heavy atom. The second-order valence-electron chi connectivity index (χ2n) is 8.88. The van der Waals surface area contributed by atoms with Crippen LogP contribution in [0.4, 0.5) is 5.69 Å². The molecule has 8 nitrogen and oxygen atoms in total. The fourth-order valence-electron chi connectivity index (χ4n) is 4.38. The number of amides is 3. The van der Waals surface area contributed by atoms with Gasteiger partial charge in [-0.3, -0.25) is 19.4 Å². The maximum absolute atomic E-state index is 13.9. The van der Waals surface area contributed by atoms with Gasteiger partial charge in [0.15, 0.2) is 0 Å². The molecule has 0 radical (unpaired) electrons. The highest BCUT2D eigenvalue weighted by Crippen LogP contribution is 2.28. The van der Waals surface area contributed by atoms with E-state index < -0.39 is 11.9 Å². The second-order valence-corrected chi connectivity index (χ2v) is 8.88. The summed E-state index contributed by atoms with van der Waals surface area (Å²) in [5.41, 5.74) is 8.18. The minimum Gasteiger partial charge on any atom is -0.340 e. The fourth-order valence-corrected chi connectivity index (χ4v) is 4.38. The average molecular weight is 498 g/mol. The first-order valence-electron chi connectivity index (χ1n) is 12.4. The molecule has 0 aliphatic carbocycles. The molecular weight excluding hydrogens is 466 g/mol. The van der Waals surface area contributed by atoms with Crippen LogP contribution in [0.5, 0.6) is 0 Å². The molecule has 0 bridgehead atoms. The number of nitrogens with two attached hydrogens (primary N) is 1. The molecule has 0 spiro atoms. The molecule has 3 aromatic rings. The lowest BCUT2D eigenvalue weighted by Crippen LogP contribution is -2.51. The molecule has 1 unspecified atom stereocenters. The van der Waals surface area contributed by atoms with E-state index in [1.165, 1.54) is 0 Å². The lowest BCUT2D eigenvalue weighted by Gasteiger charge is -2.36. The maximum Gasteiger partial charge on any atom is 0.252 e. The number of hydrogen-bond donors (Lipinski definition) is 3. The van der Waals surface area contributed by atoms with Crippen molar-refractivity contribution in [1.82, 2.24) is 15.2 Å². The van der Waals surface area contributed by atoms with E-state index >= 15 is 0 Å². The van der Waals surface area contributed by atoms with E-state index in [9.17, 15) is 14.4 Å². The largest absolute Gasteiger partial charge is 0.340 e. The number of aromatic nitrogens is 1. The van der Waals surface area contributed by atoms with Crippen LogP contribution in [0.15, 0.2) is 91.3 Å². The molecule has 2 heterocycles. The zero-order valence-electron chi connectivity index (χ0n) is 20.5. The van der Waals surface area contributed by atoms with E-state index in [1.807, 2.05) is 48.5 Å². The normalized spacial score (nSPS) is 15.6. The van der Waals surface area contributed by atoms with Gasteiger partial charge < -0.3 is 21.3 Å². The highest BCUT2D eigenvalue weighted by Gasteiger charge is 2.32. The summed E-state index contributed by atoms with van der Waals surface area (Å²) in [6, 6.07) is 19.1. The molecular formula is C29H31N5O3. The standard InChI is InChI=1S/C29H31N5O3/c30-15-14-27(35)32-24-12-6-10-22(19-24)28(36)33-25(18-21-8-2-1-3-9-21)29(37)34-17-5-4-13-26(34)23-11-7-16-31-20-23/h1-12,16,19-20,25-26H,13-15,17-18,30H2,(H,32,35)(H,33,36)/t25-,26?/m0/s1. The zero-order chi connectivity index (χ0) is 26.0. The Morgan fingerprint density at radius 1 is 1.03 bits per heavy atom. The molecule has 1 aromatic heterocycles. The van der Waals surface area contributed by atoms with Crippen molar-refractivity contribution >= 4 is 23.4 Å². The van der Waals surface area contributed by atoms with E-state index in [-0.39, 0.29) is 30.8 Å². The first kappa shape index (κ1) is 25.8. The molecule has 1 aliphatic heterocycles. The Morgan fingerprint density at radius 3 is 2.62 bits per heavy atom. The van der Waals surface area contributed by atoms with Crippen LogP contribution in [-0.4, -0.2) is 46.7 Å². The van der Waals surface area contributed by atoms with Crippen molar-refractivity contribution < 1.29 is 14.4 Å². The summed E-state index contributed by atoms with van der Waals surface area (Å²) in [7, 11) is 0. The predicted octanol–water partition coefficient (Wildman–Crippen LogP) is 3.24. The number of nitrogens with zero attached hydrogens (tertiary/aromatic N) is 2. The molecule has 0 saturated carbocycles. The Balaban J connectivity index is 1.57. The summed E-state index contributed by atoms with van der Waals surface area (Å²) >= 11 is 0. The molecule has 2 aromatic carbocycles. The van der Waals surface area contributed by atoms with Crippen LogP contribution in [-0.2, 0) is 16.0 Å². The van der Waals surface area contributed by atoms with Gasteiger partial charge in [-0.2, -0.15) is 0 Å². The smallest absolute Gasteiger partial charge is 0.252 e. The molecule has 1 aliphatic rings. The number of carbonyl (C=O) groups is 3. The van der Waals surface area contributed by atoms with Crippen LogP contribution >= 0.6 is 0 Å². The predicted molar refractivity (Wildman–Crippen MR) is 143 cm³/mol. The third-order valence-electron chi connectivity index (χ3n) is 6.22. The number of pyridine rings is 1. The van der Waals surface area contributed by atoms with Crippen LogP contribution in [0.2, 0.25) is 0 Å². The van der Waals surface area contributed by atoms with Gasteiger partial charge >= 0.3 is 0 Å². The van der Waals surface area contributed by atoms with Crippen molar-refractivity contribution in [3.63, 3.8) is 0 Å². The van der Waals surface area contributed by atoms with Gasteiger partial charge in [-0.05, 0) is 41.8 Å². The number of carbonyl (C=O) groups excluding carboxylic acids is 3. The fraction of sp³-hybridized carbons (Fsp3) is 0.241. The molecule has 8 heteroatoms. The van der Waals surface area contributed by atoms with Gasteiger partial charge in [-0.15, -0.1) is 0 Å². The van der Waals surface area contributed by atoms with Crippen LogP contribution in [0.25, 0.3) is 0 Å². The maximum atomic E-state index is 13.9. The Kier molecular flexibility index (Phi) is 8.78. The topological polar surface area (TPSA) is 117 Å². The quantitative estimate of drug-likeness (QED) is 0.393. The third kappa shape index (κ3) is 6.89. The second kappa shape index (κ2) is 12.6. The summed E-state index contributed by atoms with van der Waals surface area (Å²) in [5, 5.41) is 5.70. The Hall–Kier alpha value is -4.30. The van der Waals surface area contributed by atoms with E-state index in [0.717, 1.165) is 11.1 Å². The minimum absolute atomic E-state index is 0.164. The van der Waals surface area contributed by atoms with Crippen molar-refractivity contribution in [3.05, 3.63) is 108 Å². The van der Waals surface area contributed by atoms with Crippen molar-refractivity contribution in [2.45, 2.75) is 31.3 Å². The molecule has 2 atom stereocenters. The molecule has 3 amide bonds. The van der Waals surface area contributed by atoms with E-state index in [2.05, 4.69) is 21.7 Å². The number of anilines is 1. The third-order valence-corrected chi connectivity index (χ3v) is 6.22. The van der Waals surface area contributed by atoms with Crippen molar-refractivity contribution in [1.29, 1.82) is 0 Å². The van der Waals surface area contributed by atoms with Crippen LogP contribution in [0, 0.1) is 0 Å². The molecule has 190 valence electrons. The van der Waals surface area contributed by atoms with E-state index in [0.29, 0.717) is 30.6 Å². The highest BCUT2D eigenvalue weighted by molar-refractivity contribution is 5.99. The summed E-state index contributed by atoms with van der Waals surface area (Å²) in [6.07, 6.45) is 8.73. The minimum atomic E-state index is -0.781. The van der Waals surface area contributed by atoms with Crippen LogP contribution in [0.3, 0.4) is 0 Å². The number of rotatable bonds is 9. The van der Waals surface area contributed by atoms with Crippen LogP contribution in [0.1, 0.15) is 40.4 Å². The molecule has 0 saturated heterocycles. The Labute approximate surface area is 216 Å². The van der Waals surface area contributed by atoms with Gasteiger partial charge in [0, 0.05) is 49.6 Å². The van der Waals surface area contributed by atoms with Crippen molar-refractivity contribution in [3.8, 4) is 0 Å². The summed E-state index contributed by atoms with van der Waals surface area (Å²) in [6.45, 7) is 0.684. The van der Waals surface area contributed by atoms with Gasteiger partial charge in [-0.25, -0.2) is 0 Å². The number of hydrogen-bond acceptors (Lipinski definition) is 5. The number of benzene rings is 2. The first-order chi connectivity index (χ1) is 18.0. The highest BCUT2D eigenvalue weighted by atomic mass is 16.2. The van der Waals surface area contributed by atoms with Crippen LogP contribution < -0.4 is 16.4 Å². The van der Waals surface area contributed by atoms with Gasteiger partial charge in [0.05, 0.1) is 6.04 Å². The Bertz CT molecular complexity index is 1250. The lowest BCUT2D eigenvalue weighted by atomic mass is 9.97. The monoisotopic (exact) mass is 497 g/mol. The van der Waals surface area contributed by atoms with Gasteiger partial charge in [0.2, 0.25) is 11.8 Å². The molecule has 4 N–H and O–H groups in total. The first-order valence-corrected chi connectivity index (χ1v) is 12.4. The molecule has 37 heavy (non-hydrogen) atoms. The average Bonchev–Trinajstić information content (AvgIpc) is 2.93. The summed E-state index contributed by atoms with van der Waals surface area (Å²) in [4.78, 5) is 45.2. The summed E-state index contributed by atoms with van der Waals surface area (Å²) in [5.74, 6) is -0.783. The lowest BCUT2D eigenvalue weighted by molar-refractivity contribution is -0.135. The zero-order valence-corrected chi connectivity index (χ0v) is 20.5. The number of nitrogens with one attached hydrogen (secondary N) is 2.